The molecule has 0 radical (unpaired) electrons. The minimum atomic E-state index is 0.354. The molecule has 0 N–H and O–H groups in total. The van der Waals surface area contributed by atoms with E-state index >= 15 is 0 Å². The summed E-state index contributed by atoms with van der Waals surface area (Å²) in [5, 5.41) is 4.20. The molecule has 1 aliphatic rings. The Morgan fingerprint density at radius 2 is 1.79 bits per heavy atom. The van der Waals surface area contributed by atoms with Gasteiger partial charge >= 0.3 is 0 Å². The molecule has 0 unspecified atom stereocenters. The summed E-state index contributed by atoms with van der Waals surface area (Å²) >= 11 is 0. The first-order valence-corrected chi connectivity index (χ1v) is 5.76. The Kier molecular flexibility index (Phi) is 4.43. The molecular formula is C12H23NO. The van der Waals surface area contributed by atoms with Gasteiger partial charge in [-0.05, 0) is 37.5 Å². The fraction of sp³-hybridized carbons (Fsp3) is 0.917. The van der Waals surface area contributed by atoms with E-state index in [1.807, 2.05) is 0 Å². The largest absolute Gasteiger partial charge is 0.396 e. The zero-order chi connectivity index (χ0) is 10.4. The van der Waals surface area contributed by atoms with E-state index in [1.54, 1.807) is 0 Å². The van der Waals surface area contributed by atoms with Gasteiger partial charge in [0.15, 0.2) is 0 Å². The van der Waals surface area contributed by atoms with Gasteiger partial charge in [0.2, 0.25) is 0 Å². The van der Waals surface area contributed by atoms with Gasteiger partial charge in [0.25, 0.3) is 0 Å². The summed E-state index contributed by atoms with van der Waals surface area (Å²) in [5.41, 5.74) is 1.62. The van der Waals surface area contributed by atoms with Crippen molar-refractivity contribution in [2.75, 3.05) is 6.61 Å². The molecule has 0 heterocycles. The van der Waals surface area contributed by atoms with Gasteiger partial charge in [0.1, 0.15) is 6.61 Å². The lowest BCUT2D eigenvalue weighted by Crippen LogP contribution is -2.10. The maximum Gasteiger partial charge on any atom is 0.117 e. The molecule has 0 bridgehead atoms. The van der Waals surface area contributed by atoms with Crippen molar-refractivity contribution >= 4 is 5.71 Å². The molecule has 0 aromatic carbocycles. The molecule has 2 nitrogen and oxygen atoms in total. The molecule has 0 spiro atoms. The van der Waals surface area contributed by atoms with Crippen LogP contribution in [-0.2, 0) is 4.84 Å². The molecule has 0 aliphatic heterocycles. The SMILES string of the molecule is CC(C)(C)CCON=C1CCCCC1. The van der Waals surface area contributed by atoms with Crippen molar-refractivity contribution in [2.45, 2.75) is 59.3 Å². The van der Waals surface area contributed by atoms with Gasteiger partial charge in [-0.3, -0.25) is 0 Å². The number of nitrogens with zero attached hydrogens (tertiary/aromatic N) is 1. The molecule has 0 saturated heterocycles. The van der Waals surface area contributed by atoms with Crippen molar-refractivity contribution in [1.29, 1.82) is 0 Å². The van der Waals surface area contributed by atoms with Crippen LogP contribution in [0.1, 0.15) is 59.3 Å². The summed E-state index contributed by atoms with van der Waals surface area (Å²) in [6.45, 7) is 7.44. The van der Waals surface area contributed by atoms with Gasteiger partial charge in [-0.1, -0.05) is 32.3 Å². The predicted octanol–water partition coefficient (Wildman–Crippen LogP) is 3.76. The van der Waals surface area contributed by atoms with Gasteiger partial charge in [-0.2, -0.15) is 0 Å². The smallest absolute Gasteiger partial charge is 0.117 e. The first kappa shape index (κ1) is 11.5. The maximum absolute atomic E-state index is 5.34. The normalized spacial score (nSPS) is 18.1. The van der Waals surface area contributed by atoms with Crippen LogP contribution in [0.2, 0.25) is 0 Å². The summed E-state index contributed by atoms with van der Waals surface area (Å²) in [7, 11) is 0. The van der Waals surface area contributed by atoms with Crippen molar-refractivity contribution in [3.8, 4) is 0 Å². The van der Waals surface area contributed by atoms with Crippen LogP contribution in [0.25, 0.3) is 0 Å². The van der Waals surface area contributed by atoms with Gasteiger partial charge in [0, 0.05) is 0 Å². The monoisotopic (exact) mass is 197 g/mol. The molecular weight excluding hydrogens is 174 g/mol. The fourth-order valence-corrected chi connectivity index (χ4v) is 1.54. The third-order valence-corrected chi connectivity index (χ3v) is 2.57. The van der Waals surface area contributed by atoms with Crippen LogP contribution < -0.4 is 0 Å². The highest BCUT2D eigenvalue weighted by atomic mass is 16.6. The number of hydrogen-bond donors (Lipinski definition) is 0. The van der Waals surface area contributed by atoms with Crippen molar-refractivity contribution in [3.05, 3.63) is 0 Å². The van der Waals surface area contributed by atoms with Crippen molar-refractivity contribution in [1.82, 2.24) is 0 Å². The summed E-state index contributed by atoms with van der Waals surface area (Å²) < 4.78 is 0. The lowest BCUT2D eigenvalue weighted by Gasteiger charge is -2.17. The predicted molar refractivity (Wildman–Crippen MR) is 60.5 cm³/mol. The minimum Gasteiger partial charge on any atom is -0.396 e. The first-order chi connectivity index (χ1) is 6.58. The third kappa shape index (κ3) is 5.25. The molecule has 2 heteroatoms. The Hall–Kier alpha value is -0.530. The van der Waals surface area contributed by atoms with E-state index in [0.717, 1.165) is 25.9 Å². The van der Waals surface area contributed by atoms with Crippen LogP contribution in [0, 0.1) is 5.41 Å². The van der Waals surface area contributed by atoms with E-state index in [0.29, 0.717) is 5.41 Å². The Morgan fingerprint density at radius 1 is 1.14 bits per heavy atom. The molecule has 1 fully saturated rings. The van der Waals surface area contributed by atoms with Crippen LogP contribution in [0.3, 0.4) is 0 Å². The zero-order valence-corrected chi connectivity index (χ0v) is 9.81. The Labute approximate surface area is 87.7 Å². The van der Waals surface area contributed by atoms with E-state index in [1.165, 1.54) is 25.0 Å². The minimum absolute atomic E-state index is 0.354. The highest BCUT2D eigenvalue weighted by Crippen LogP contribution is 2.18. The van der Waals surface area contributed by atoms with Crippen molar-refractivity contribution < 1.29 is 4.84 Å². The number of hydrogen-bond acceptors (Lipinski definition) is 2. The standard InChI is InChI=1S/C12H23NO/c1-12(2,3)9-10-14-13-11-7-5-4-6-8-11/h4-10H2,1-3H3. The third-order valence-electron chi connectivity index (χ3n) is 2.57. The van der Waals surface area contributed by atoms with Gasteiger partial charge in [-0.25, -0.2) is 0 Å². The summed E-state index contributed by atoms with van der Waals surface area (Å²) in [5.74, 6) is 0. The second kappa shape index (κ2) is 5.38. The molecule has 0 aromatic rings. The summed E-state index contributed by atoms with van der Waals surface area (Å²) in [6, 6.07) is 0. The molecule has 1 rings (SSSR count). The highest BCUT2D eigenvalue weighted by Gasteiger charge is 2.10. The molecule has 0 aromatic heterocycles. The average molecular weight is 197 g/mol. The topological polar surface area (TPSA) is 21.6 Å². The van der Waals surface area contributed by atoms with E-state index in [-0.39, 0.29) is 0 Å². The molecule has 14 heavy (non-hydrogen) atoms. The van der Waals surface area contributed by atoms with E-state index in [2.05, 4.69) is 25.9 Å². The Balaban J connectivity index is 2.13. The number of oxime groups is 1. The van der Waals surface area contributed by atoms with E-state index < -0.39 is 0 Å². The van der Waals surface area contributed by atoms with Gasteiger partial charge < -0.3 is 4.84 Å². The first-order valence-electron chi connectivity index (χ1n) is 5.76. The van der Waals surface area contributed by atoms with E-state index in [9.17, 15) is 0 Å². The van der Waals surface area contributed by atoms with Crippen LogP contribution in [0.4, 0.5) is 0 Å². The number of rotatable bonds is 3. The van der Waals surface area contributed by atoms with E-state index in [4.69, 9.17) is 4.84 Å². The van der Waals surface area contributed by atoms with Crippen LogP contribution in [-0.4, -0.2) is 12.3 Å². The highest BCUT2D eigenvalue weighted by molar-refractivity contribution is 5.84. The van der Waals surface area contributed by atoms with Crippen LogP contribution in [0.15, 0.2) is 5.16 Å². The molecule has 0 atom stereocenters. The lowest BCUT2D eigenvalue weighted by atomic mass is 9.93. The molecule has 1 aliphatic carbocycles. The average Bonchev–Trinajstić information content (AvgIpc) is 2.13. The quantitative estimate of drug-likeness (QED) is 0.498. The summed E-state index contributed by atoms with van der Waals surface area (Å²) in [6.07, 6.45) is 7.32. The second-order valence-electron chi connectivity index (χ2n) is 5.36. The maximum atomic E-state index is 5.34. The Bertz CT molecular complexity index is 183. The van der Waals surface area contributed by atoms with Crippen molar-refractivity contribution in [3.63, 3.8) is 0 Å². The lowest BCUT2D eigenvalue weighted by molar-refractivity contribution is 0.114. The second-order valence-corrected chi connectivity index (χ2v) is 5.36. The van der Waals surface area contributed by atoms with Gasteiger partial charge in [0.05, 0.1) is 5.71 Å². The molecule has 82 valence electrons. The Morgan fingerprint density at radius 3 is 2.36 bits per heavy atom. The van der Waals surface area contributed by atoms with Gasteiger partial charge in [-0.15, -0.1) is 0 Å². The van der Waals surface area contributed by atoms with Crippen molar-refractivity contribution in [2.24, 2.45) is 10.6 Å². The van der Waals surface area contributed by atoms with Crippen LogP contribution in [0.5, 0.6) is 0 Å². The van der Waals surface area contributed by atoms with Crippen LogP contribution >= 0.6 is 0 Å². The molecule has 1 saturated carbocycles. The zero-order valence-electron chi connectivity index (χ0n) is 9.81. The molecule has 0 amide bonds. The summed E-state index contributed by atoms with van der Waals surface area (Å²) in [4.78, 5) is 5.34. The fourth-order valence-electron chi connectivity index (χ4n) is 1.54.